The minimum absolute atomic E-state index is 0.0310. The molecule has 3 aromatic rings. The van der Waals surface area contributed by atoms with Crippen LogP contribution in [0.1, 0.15) is 47.7 Å². The number of fused-ring (bicyclic) bond motifs is 1. The van der Waals surface area contributed by atoms with E-state index in [4.69, 9.17) is 16.3 Å². The Morgan fingerprint density at radius 3 is 2.41 bits per heavy atom. The van der Waals surface area contributed by atoms with Crippen LogP contribution in [0.2, 0.25) is 5.02 Å². The van der Waals surface area contributed by atoms with E-state index in [1.165, 1.54) is 12.1 Å². The van der Waals surface area contributed by atoms with E-state index in [0.717, 1.165) is 18.4 Å². The van der Waals surface area contributed by atoms with Gasteiger partial charge in [0.1, 0.15) is 17.8 Å². The summed E-state index contributed by atoms with van der Waals surface area (Å²) in [7, 11) is 1.72. The van der Waals surface area contributed by atoms with Crippen LogP contribution in [0.4, 0.5) is 44.7 Å². The fourth-order valence-electron chi connectivity index (χ4n) is 5.24. The Morgan fingerprint density at radius 2 is 1.78 bits per heavy atom. The van der Waals surface area contributed by atoms with Gasteiger partial charge < -0.3 is 30.9 Å². The molecule has 0 radical (unpaired) electrons. The van der Waals surface area contributed by atoms with Crippen LogP contribution in [0.5, 0.6) is 5.75 Å². The molecule has 8 nitrogen and oxygen atoms in total. The number of rotatable bonds is 12. The van der Waals surface area contributed by atoms with Crippen molar-refractivity contribution in [3.05, 3.63) is 76.3 Å². The van der Waals surface area contributed by atoms with Crippen molar-refractivity contribution in [2.75, 3.05) is 34.5 Å². The van der Waals surface area contributed by atoms with Gasteiger partial charge >= 0.3 is 6.18 Å². The van der Waals surface area contributed by atoms with Crippen molar-refractivity contribution in [2.24, 2.45) is 5.41 Å². The summed E-state index contributed by atoms with van der Waals surface area (Å²) in [5, 5.41) is 11.9. The highest BCUT2D eigenvalue weighted by Crippen LogP contribution is 2.57. The van der Waals surface area contributed by atoms with Crippen molar-refractivity contribution in [3.8, 4) is 5.75 Å². The molecule has 2 amide bonds. The van der Waals surface area contributed by atoms with Gasteiger partial charge in [0, 0.05) is 25.3 Å². The lowest BCUT2D eigenvalue weighted by Crippen LogP contribution is -2.41. The van der Waals surface area contributed by atoms with Gasteiger partial charge in [0.2, 0.25) is 5.91 Å². The number of carbonyl (C=O) groups is 2. The van der Waals surface area contributed by atoms with E-state index in [0.29, 0.717) is 33.3 Å². The van der Waals surface area contributed by atoms with Crippen molar-refractivity contribution in [2.45, 2.75) is 58.0 Å². The second-order valence-electron chi connectivity index (χ2n) is 11.3. The molecule has 0 bridgehead atoms. The average Bonchev–Trinajstić information content (AvgIpc) is 3.78. The Bertz CT molecular complexity index is 1600. The number of anilines is 4. The van der Waals surface area contributed by atoms with Gasteiger partial charge in [0.15, 0.2) is 6.29 Å². The summed E-state index contributed by atoms with van der Waals surface area (Å²) in [5.74, 6) is -1.64. The summed E-state index contributed by atoms with van der Waals surface area (Å²) in [4.78, 5) is 27.4. The average molecular weight is 666 g/mol. The number of aryl methyl sites for hydroxylation is 1. The smallest absolute Gasteiger partial charge is 0.403 e. The Kier molecular flexibility index (Phi) is 9.52. The monoisotopic (exact) mass is 665 g/mol. The third-order valence-corrected chi connectivity index (χ3v) is 8.35. The van der Waals surface area contributed by atoms with E-state index in [-0.39, 0.29) is 30.7 Å². The predicted molar refractivity (Wildman–Crippen MR) is 167 cm³/mol. The van der Waals surface area contributed by atoms with E-state index >= 15 is 0 Å². The van der Waals surface area contributed by atoms with Crippen molar-refractivity contribution >= 4 is 46.2 Å². The quantitative estimate of drug-likeness (QED) is 0.151. The van der Waals surface area contributed by atoms with Gasteiger partial charge in [-0.05, 0) is 60.7 Å². The first-order valence-corrected chi connectivity index (χ1v) is 15.1. The maximum atomic E-state index is 13.3. The van der Waals surface area contributed by atoms with Crippen LogP contribution < -0.4 is 30.9 Å². The van der Waals surface area contributed by atoms with Crippen LogP contribution in [0.3, 0.4) is 0 Å². The Balaban J connectivity index is 1.31. The molecule has 1 aliphatic carbocycles. The maximum absolute atomic E-state index is 13.3. The zero-order chi connectivity index (χ0) is 33.2. The lowest BCUT2D eigenvalue weighted by molar-refractivity contribution is -0.192. The number of nitrogens with one attached hydrogen (secondary N) is 4. The maximum Gasteiger partial charge on any atom is 0.403 e. The molecule has 3 aromatic carbocycles. The highest BCUT2D eigenvalue weighted by atomic mass is 35.5. The van der Waals surface area contributed by atoms with Gasteiger partial charge in [0.25, 0.3) is 12.3 Å². The zero-order valence-corrected chi connectivity index (χ0v) is 25.8. The normalized spacial score (nSPS) is 16.5. The number of carbonyl (C=O) groups excluding carboxylic acids is 2. The molecule has 1 fully saturated rings. The van der Waals surface area contributed by atoms with Crippen molar-refractivity contribution in [1.29, 1.82) is 0 Å². The largest absolute Gasteiger partial charge is 0.487 e. The number of hydrogen-bond donors (Lipinski definition) is 4. The number of alkyl halides is 5. The molecule has 1 aliphatic heterocycles. The van der Waals surface area contributed by atoms with Gasteiger partial charge in [0.05, 0.1) is 27.6 Å². The second kappa shape index (κ2) is 13.2. The number of hydrogen-bond acceptors (Lipinski definition) is 6. The molecule has 1 heterocycles. The van der Waals surface area contributed by atoms with Crippen LogP contribution >= 0.6 is 11.6 Å². The van der Waals surface area contributed by atoms with Gasteiger partial charge in [-0.2, -0.15) is 13.2 Å². The summed E-state index contributed by atoms with van der Waals surface area (Å²) in [6.07, 6.45) is -6.60. The molecular formula is C32H33ClF5N5O3. The summed E-state index contributed by atoms with van der Waals surface area (Å²) < 4.78 is 71.5. The van der Waals surface area contributed by atoms with E-state index in [9.17, 15) is 31.5 Å². The zero-order valence-electron chi connectivity index (χ0n) is 25.0. The minimum Gasteiger partial charge on any atom is -0.487 e. The summed E-state index contributed by atoms with van der Waals surface area (Å²) in [5.41, 5.74) is 1.36. The van der Waals surface area contributed by atoms with E-state index in [1.54, 1.807) is 42.3 Å². The van der Waals surface area contributed by atoms with Crippen LogP contribution in [0, 0.1) is 5.41 Å². The van der Waals surface area contributed by atoms with E-state index in [1.807, 2.05) is 12.1 Å². The van der Waals surface area contributed by atoms with E-state index in [2.05, 4.69) is 28.2 Å². The third kappa shape index (κ3) is 7.09. The fraction of sp³-hybridized carbons (Fsp3) is 0.375. The van der Waals surface area contributed by atoms with Crippen molar-refractivity contribution < 1.29 is 36.3 Å². The summed E-state index contributed by atoms with van der Waals surface area (Å²) >= 11 is 6.42. The standard InChI is InChI=1S/C32H33ClF5N5O3/c1-3-4-18-5-8-20(9-6-18)40-28(44)21-14-24-25(15-26(21)46-17-27(34)35)43(2)30(42-24)41-23-13-19(7-10-22(23)33)16-39-29(45)31(11-12-31)32(36,37)38/h5-10,13-15,27,30,41-42H,3-4,11-12,16-17H2,1-2H3,(H,39,45)(H,40,44). The minimum atomic E-state index is -4.61. The van der Waals surface area contributed by atoms with Crippen LogP contribution in [0.25, 0.3) is 0 Å². The molecule has 1 unspecified atom stereocenters. The van der Waals surface area contributed by atoms with Crippen LogP contribution in [-0.2, 0) is 17.8 Å². The summed E-state index contributed by atoms with van der Waals surface area (Å²) in [6, 6.07) is 15.1. The highest BCUT2D eigenvalue weighted by molar-refractivity contribution is 6.33. The lowest BCUT2D eigenvalue weighted by Gasteiger charge is -2.25. The molecule has 0 aromatic heterocycles. The molecule has 1 atom stereocenters. The first kappa shape index (κ1) is 33.1. The molecule has 2 aliphatic rings. The SMILES string of the molecule is CCCc1ccc(NC(=O)c2cc3c(cc2OCC(F)F)N(C)C(Nc2cc(CNC(=O)C4(C(F)(F)F)CC4)ccc2Cl)N3)cc1. The number of amides is 2. The topological polar surface area (TPSA) is 94.7 Å². The van der Waals surface area contributed by atoms with Crippen molar-refractivity contribution in [1.82, 2.24) is 5.32 Å². The number of benzene rings is 3. The molecule has 0 saturated heterocycles. The Morgan fingerprint density at radius 1 is 1.09 bits per heavy atom. The fourth-order valence-corrected chi connectivity index (χ4v) is 5.41. The molecule has 14 heteroatoms. The Labute approximate surface area is 267 Å². The molecule has 0 spiro atoms. The third-order valence-electron chi connectivity index (χ3n) is 8.02. The van der Waals surface area contributed by atoms with E-state index < -0.39 is 42.7 Å². The molecule has 4 N–H and O–H groups in total. The first-order chi connectivity index (χ1) is 21.8. The number of halogens is 6. The molecule has 46 heavy (non-hydrogen) atoms. The lowest BCUT2D eigenvalue weighted by atomic mass is 10.1. The molecule has 246 valence electrons. The second-order valence-corrected chi connectivity index (χ2v) is 11.8. The molecule has 5 rings (SSSR count). The first-order valence-electron chi connectivity index (χ1n) is 14.7. The number of nitrogens with zero attached hydrogens (tertiary/aromatic N) is 1. The Hall–Kier alpha value is -4.26. The number of ether oxygens (including phenoxy) is 1. The highest BCUT2D eigenvalue weighted by Gasteiger charge is 2.68. The van der Waals surface area contributed by atoms with Gasteiger partial charge in [-0.3, -0.25) is 9.59 Å². The van der Waals surface area contributed by atoms with Crippen LogP contribution in [-0.4, -0.2) is 44.4 Å². The van der Waals surface area contributed by atoms with Crippen molar-refractivity contribution in [3.63, 3.8) is 0 Å². The van der Waals surface area contributed by atoms with Gasteiger partial charge in [-0.15, -0.1) is 0 Å². The molecule has 1 saturated carbocycles. The summed E-state index contributed by atoms with van der Waals surface area (Å²) in [6.45, 7) is 1.02. The molecular weight excluding hydrogens is 633 g/mol. The van der Waals surface area contributed by atoms with Gasteiger partial charge in [-0.1, -0.05) is 43.1 Å². The van der Waals surface area contributed by atoms with Gasteiger partial charge in [-0.25, -0.2) is 8.78 Å². The predicted octanol–water partition coefficient (Wildman–Crippen LogP) is 7.40. The van der Waals surface area contributed by atoms with Crippen LogP contribution in [0.15, 0.2) is 54.6 Å².